The largest absolute Gasteiger partial charge is 0.451 e. The van der Waals surface area contributed by atoms with Crippen molar-refractivity contribution in [1.82, 2.24) is 9.88 Å². The molecule has 4 rings (SSSR count). The quantitative estimate of drug-likeness (QED) is 0.669. The number of ether oxygens (including phenoxy) is 1. The fourth-order valence-electron chi connectivity index (χ4n) is 2.99. The molecule has 8 heteroatoms. The van der Waals surface area contributed by atoms with Gasteiger partial charge in [0.25, 0.3) is 5.91 Å². The highest BCUT2D eigenvalue weighted by Gasteiger charge is 2.19. The lowest BCUT2D eigenvalue weighted by Gasteiger charge is -2.25. The Morgan fingerprint density at radius 1 is 1.38 bits per heavy atom. The van der Waals surface area contributed by atoms with Gasteiger partial charge in [0, 0.05) is 40.4 Å². The van der Waals surface area contributed by atoms with Crippen molar-refractivity contribution in [2.45, 2.75) is 13.5 Å². The second-order valence-electron chi connectivity index (χ2n) is 6.18. The lowest BCUT2D eigenvalue weighted by atomic mass is 10.1. The van der Waals surface area contributed by atoms with Crippen LogP contribution in [0.4, 0.5) is 5.13 Å². The predicted molar refractivity (Wildman–Crippen MR) is 105 cm³/mol. The third-order valence-corrected chi connectivity index (χ3v) is 5.67. The smallest absolute Gasteiger partial charge is 0.293 e. The van der Waals surface area contributed by atoms with Gasteiger partial charge in [-0.3, -0.25) is 15.0 Å². The number of nitrogens with one attached hydrogen (secondary N) is 1. The van der Waals surface area contributed by atoms with E-state index in [2.05, 4.69) is 31.1 Å². The van der Waals surface area contributed by atoms with Crippen molar-refractivity contribution in [3.63, 3.8) is 0 Å². The van der Waals surface area contributed by atoms with Crippen LogP contribution in [0, 0.1) is 6.92 Å². The first-order valence-electron chi connectivity index (χ1n) is 8.34. The summed E-state index contributed by atoms with van der Waals surface area (Å²) in [6.07, 6.45) is 0. The monoisotopic (exact) mass is 435 g/mol. The van der Waals surface area contributed by atoms with E-state index in [9.17, 15) is 4.79 Å². The summed E-state index contributed by atoms with van der Waals surface area (Å²) < 4.78 is 12.0. The molecule has 0 atom stereocenters. The summed E-state index contributed by atoms with van der Waals surface area (Å²) in [5.41, 5.74) is 2.48. The second kappa shape index (κ2) is 7.48. The Hall–Kier alpha value is -1.74. The van der Waals surface area contributed by atoms with Crippen molar-refractivity contribution in [2.75, 3.05) is 31.6 Å². The number of carbonyl (C=O) groups excluding carboxylic acids is 1. The molecule has 0 aliphatic carbocycles. The van der Waals surface area contributed by atoms with Gasteiger partial charge >= 0.3 is 0 Å². The molecule has 2 aromatic heterocycles. The van der Waals surface area contributed by atoms with Gasteiger partial charge in [-0.2, -0.15) is 0 Å². The van der Waals surface area contributed by atoms with Crippen LogP contribution in [0.3, 0.4) is 0 Å². The van der Waals surface area contributed by atoms with Crippen LogP contribution in [0.2, 0.25) is 0 Å². The van der Waals surface area contributed by atoms with Crippen molar-refractivity contribution < 1.29 is 13.9 Å². The number of carbonyl (C=O) groups is 1. The number of aromatic nitrogens is 1. The summed E-state index contributed by atoms with van der Waals surface area (Å²) in [4.78, 5) is 19.4. The highest BCUT2D eigenvalue weighted by Crippen LogP contribution is 2.29. The topological polar surface area (TPSA) is 67.6 Å². The average molecular weight is 436 g/mol. The number of anilines is 1. The van der Waals surface area contributed by atoms with Crippen LogP contribution in [-0.2, 0) is 11.3 Å². The van der Waals surface area contributed by atoms with Crippen molar-refractivity contribution in [1.29, 1.82) is 0 Å². The summed E-state index contributed by atoms with van der Waals surface area (Å²) in [6, 6.07) is 5.70. The fraction of sp³-hybridized carbons (Fsp3) is 0.333. The van der Waals surface area contributed by atoms with Crippen LogP contribution in [-0.4, -0.2) is 42.1 Å². The molecule has 0 unspecified atom stereocenters. The lowest BCUT2D eigenvalue weighted by Crippen LogP contribution is -2.35. The normalized spacial score (nSPS) is 15.5. The maximum atomic E-state index is 12.6. The van der Waals surface area contributed by atoms with Crippen LogP contribution in [0.25, 0.3) is 11.0 Å². The molecule has 3 heterocycles. The number of aryl methyl sites for hydroxylation is 1. The molecule has 1 aliphatic rings. The molecular formula is C18H18BrN3O3S. The van der Waals surface area contributed by atoms with E-state index in [4.69, 9.17) is 9.15 Å². The van der Waals surface area contributed by atoms with Gasteiger partial charge in [0.15, 0.2) is 10.9 Å². The number of morpholine rings is 1. The zero-order valence-electron chi connectivity index (χ0n) is 14.3. The minimum Gasteiger partial charge on any atom is -0.451 e. The number of hydrogen-bond acceptors (Lipinski definition) is 6. The average Bonchev–Trinajstić information content (AvgIpc) is 3.20. The van der Waals surface area contributed by atoms with E-state index in [-0.39, 0.29) is 5.91 Å². The van der Waals surface area contributed by atoms with Gasteiger partial charge in [0.2, 0.25) is 0 Å². The molecule has 0 bridgehead atoms. The lowest BCUT2D eigenvalue weighted by molar-refractivity contribution is 0.0337. The van der Waals surface area contributed by atoms with Crippen LogP contribution in [0.15, 0.2) is 32.5 Å². The van der Waals surface area contributed by atoms with E-state index in [1.165, 1.54) is 11.3 Å². The number of amides is 1. The third kappa shape index (κ3) is 3.68. The zero-order valence-corrected chi connectivity index (χ0v) is 16.7. The van der Waals surface area contributed by atoms with Crippen LogP contribution >= 0.6 is 27.3 Å². The van der Waals surface area contributed by atoms with Gasteiger partial charge in [-0.15, -0.1) is 11.3 Å². The van der Waals surface area contributed by atoms with Gasteiger partial charge < -0.3 is 9.15 Å². The molecule has 6 nitrogen and oxygen atoms in total. The Balaban J connectivity index is 1.47. The molecule has 0 saturated carbocycles. The number of fused-ring (bicyclic) bond motifs is 1. The first-order chi connectivity index (χ1) is 12.6. The molecule has 0 radical (unpaired) electrons. The van der Waals surface area contributed by atoms with E-state index < -0.39 is 0 Å². The van der Waals surface area contributed by atoms with Gasteiger partial charge in [-0.05, 0) is 25.1 Å². The summed E-state index contributed by atoms with van der Waals surface area (Å²) in [5, 5.41) is 6.34. The molecule has 1 aromatic carbocycles. The molecule has 1 N–H and O–H groups in total. The summed E-state index contributed by atoms with van der Waals surface area (Å²) in [6.45, 7) is 6.00. The maximum absolute atomic E-state index is 12.6. The Morgan fingerprint density at radius 3 is 3.00 bits per heavy atom. The van der Waals surface area contributed by atoms with Crippen LogP contribution in [0.5, 0.6) is 0 Å². The Labute approximate surface area is 163 Å². The van der Waals surface area contributed by atoms with E-state index in [1.54, 1.807) is 0 Å². The molecule has 1 saturated heterocycles. The third-order valence-electron chi connectivity index (χ3n) is 4.37. The van der Waals surface area contributed by atoms with Crippen molar-refractivity contribution in [3.8, 4) is 0 Å². The SMILES string of the molecule is Cc1c(C(=O)Nc2nc(CN3CCOCC3)cs2)oc2ccc(Br)cc12. The van der Waals surface area contributed by atoms with Gasteiger partial charge in [-0.1, -0.05) is 15.9 Å². The van der Waals surface area contributed by atoms with Crippen molar-refractivity contribution >= 4 is 49.3 Å². The highest BCUT2D eigenvalue weighted by molar-refractivity contribution is 9.10. The van der Waals surface area contributed by atoms with Crippen molar-refractivity contribution in [3.05, 3.63) is 45.1 Å². The summed E-state index contributed by atoms with van der Waals surface area (Å²) in [7, 11) is 0. The van der Waals surface area contributed by atoms with Gasteiger partial charge in [-0.25, -0.2) is 4.98 Å². The van der Waals surface area contributed by atoms with Gasteiger partial charge in [0.1, 0.15) is 5.58 Å². The molecule has 0 spiro atoms. The fourth-order valence-corrected chi connectivity index (χ4v) is 4.05. The minimum absolute atomic E-state index is 0.276. The molecule has 3 aromatic rings. The van der Waals surface area contributed by atoms with E-state index in [1.807, 2.05) is 30.5 Å². The summed E-state index contributed by atoms with van der Waals surface area (Å²) in [5.74, 6) is 0.0464. The number of furan rings is 1. The van der Waals surface area contributed by atoms with Crippen LogP contribution < -0.4 is 5.32 Å². The number of thiazole rings is 1. The minimum atomic E-state index is -0.276. The first kappa shape index (κ1) is 17.7. The molecule has 136 valence electrons. The standard InChI is InChI=1S/C18H18BrN3O3S/c1-11-14-8-12(19)2-3-15(14)25-16(11)17(23)21-18-20-13(10-26-18)9-22-4-6-24-7-5-22/h2-3,8,10H,4-7,9H2,1H3,(H,20,21,23). The highest BCUT2D eigenvalue weighted by atomic mass is 79.9. The number of nitrogens with zero attached hydrogens (tertiary/aromatic N) is 2. The number of benzene rings is 1. The Bertz CT molecular complexity index is 946. The molecule has 1 aliphatic heterocycles. The molecule has 1 amide bonds. The number of rotatable bonds is 4. The van der Waals surface area contributed by atoms with Crippen LogP contribution in [0.1, 0.15) is 21.8 Å². The van der Waals surface area contributed by atoms with E-state index in [0.717, 1.165) is 54.0 Å². The molecule has 26 heavy (non-hydrogen) atoms. The van der Waals surface area contributed by atoms with Gasteiger partial charge in [0.05, 0.1) is 18.9 Å². The first-order valence-corrected chi connectivity index (χ1v) is 10.0. The second-order valence-corrected chi connectivity index (χ2v) is 7.96. The Morgan fingerprint density at radius 2 is 2.19 bits per heavy atom. The number of halogens is 1. The van der Waals surface area contributed by atoms with Crippen molar-refractivity contribution in [2.24, 2.45) is 0 Å². The molecule has 1 fully saturated rings. The Kier molecular flexibility index (Phi) is 5.08. The zero-order chi connectivity index (χ0) is 18.1. The predicted octanol–water partition coefficient (Wildman–Crippen LogP) is 4.04. The number of hydrogen-bond donors (Lipinski definition) is 1. The van der Waals surface area contributed by atoms with E-state index in [0.29, 0.717) is 16.5 Å². The van der Waals surface area contributed by atoms with E-state index >= 15 is 0 Å². The molecular weight excluding hydrogens is 418 g/mol. The summed E-state index contributed by atoms with van der Waals surface area (Å²) >= 11 is 4.87. The maximum Gasteiger partial charge on any atom is 0.293 e.